The van der Waals surface area contributed by atoms with E-state index in [2.05, 4.69) is 15.9 Å². The molecule has 0 aliphatic heterocycles. The standard InChI is InChI=1S/C15H12BrFO3/c1-9-2-4-12(17)6-10(9)8-20-14-5-3-11(16)7-13(14)15(18)19/h2-7H,8H2,1H3,(H,18,19). The Morgan fingerprint density at radius 1 is 1.30 bits per heavy atom. The zero-order valence-corrected chi connectivity index (χ0v) is 12.3. The Hall–Kier alpha value is -1.88. The van der Waals surface area contributed by atoms with Crippen LogP contribution in [-0.2, 0) is 6.61 Å². The van der Waals surface area contributed by atoms with Gasteiger partial charge in [0.05, 0.1) is 0 Å². The number of hydrogen-bond donors (Lipinski definition) is 1. The van der Waals surface area contributed by atoms with Crippen LogP contribution in [0.2, 0.25) is 0 Å². The Balaban J connectivity index is 2.23. The van der Waals surface area contributed by atoms with Gasteiger partial charge in [0.25, 0.3) is 0 Å². The van der Waals surface area contributed by atoms with Gasteiger partial charge in [0.2, 0.25) is 0 Å². The molecule has 20 heavy (non-hydrogen) atoms. The number of rotatable bonds is 4. The van der Waals surface area contributed by atoms with E-state index < -0.39 is 5.97 Å². The highest BCUT2D eigenvalue weighted by atomic mass is 79.9. The number of carbonyl (C=O) groups is 1. The van der Waals surface area contributed by atoms with Gasteiger partial charge in [-0.15, -0.1) is 0 Å². The second kappa shape index (κ2) is 6.05. The summed E-state index contributed by atoms with van der Waals surface area (Å²) in [6.07, 6.45) is 0. The predicted octanol–water partition coefficient (Wildman–Crippen LogP) is 4.17. The van der Waals surface area contributed by atoms with Crippen LogP contribution in [-0.4, -0.2) is 11.1 Å². The van der Waals surface area contributed by atoms with Crippen LogP contribution in [0.3, 0.4) is 0 Å². The van der Waals surface area contributed by atoms with Crippen LogP contribution in [0.25, 0.3) is 0 Å². The zero-order chi connectivity index (χ0) is 14.7. The van der Waals surface area contributed by atoms with E-state index in [0.717, 1.165) is 5.56 Å². The van der Waals surface area contributed by atoms with Crippen LogP contribution in [0.4, 0.5) is 4.39 Å². The summed E-state index contributed by atoms with van der Waals surface area (Å²) in [5, 5.41) is 9.13. The summed E-state index contributed by atoms with van der Waals surface area (Å²) in [5.74, 6) is -1.16. The van der Waals surface area contributed by atoms with Gasteiger partial charge in [-0.05, 0) is 48.4 Å². The van der Waals surface area contributed by atoms with E-state index in [1.54, 1.807) is 18.2 Å². The highest BCUT2D eigenvalue weighted by Crippen LogP contribution is 2.24. The maximum Gasteiger partial charge on any atom is 0.339 e. The molecule has 0 bridgehead atoms. The van der Waals surface area contributed by atoms with Crippen molar-refractivity contribution < 1.29 is 19.0 Å². The largest absolute Gasteiger partial charge is 0.488 e. The zero-order valence-electron chi connectivity index (χ0n) is 10.7. The Morgan fingerprint density at radius 2 is 2.05 bits per heavy atom. The van der Waals surface area contributed by atoms with Gasteiger partial charge in [0.1, 0.15) is 23.7 Å². The monoisotopic (exact) mass is 338 g/mol. The molecule has 0 saturated heterocycles. The first-order valence-corrected chi connectivity index (χ1v) is 6.67. The van der Waals surface area contributed by atoms with Crippen molar-refractivity contribution in [1.82, 2.24) is 0 Å². The number of hydrogen-bond acceptors (Lipinski definition) is 2. The lowest BCUT2D eigenvalue weighted by Crippen LogP contribution is -2.04. The summed E-state index contributed by atoms with van der Waals surface area (Å²) >= 11 is 3.21. The van der Waals surface area contributed by atoms with Gasteiger partial charge >= 0.3 is 5.97 Å². The summed E-state index contributed by atoms with van der Waals surface area (Å²) in [6, 6.07) is 9.15. The van der Waals surface area contributed by atoms with Gasteiger partial charge in [-0.3, -0.25) is 0 Å². The lowest BCUT2D eigenvalue weighted by atomic mass is 10.1. The molecular formula is C15H12BrFO3. The molecule has 0 saturated carbocycles. The van der Waals surface area contributed by atoms with Crippen molar-refractivity contribution in [3.8, 4) is 5.75 Å². The van der Waals surface area contributed by atoms with Gasteiger partial charge in [-0.1, -0.05) is 22.0 Å². The third-order valence-corrected chi connectivity index (χ3v) is 3.36. The first-order chi connectivity index (χ1) is 9.47. The van der Waals surface area contributed by atoms with Gasteiger partial charge in [0.15, 0.2) is 0 Å². The minimum atomic E-state index is -1.07. The summed E-state index contributed by atoms with van der Waals surface area (Å²) in [6.45, 7) is 1.96. The Bertz CT molecular complexity index is 656. The topological polar surface area (TPSA) is 46.5 Å². The molecule has 3 nitrogen and oxygen atoms in total. The lowest BCUT2D eigenvalue weighted by molar-refractivity contribution is 0.0691. The fourth-order valence-electron chi connectivity index (χ4n) is 1.75. The third kappa shape index (κ3) is 3.36. The van der Waals surface area contributed by atoms with Crippen LogP contribution in [0.5, 0.6) is 5.75 Å². The summed E-state index contributed by atoms with van der Waals surface area (Å²) in [5.41, 5.74) is 1.64. The lowest BCUT2D eigenvalue weighted by Gasteiger charge is -2.11. The van der Waals surface area contributed by atoms with Crippen LogP contribution >= 0.6 is 15.9 Å². The van der Waals surface area contributed by atoms with Crippen molar-refractivity contribution in [2.45, 2.75) is 13.5 Å². The van der Waals surface area contributed by atoms with Crippen LogP contribution in [0.1, 0.15) is 21.5 Å². The molecule has 1 N–H and O–H groups in total. The molecule has 2 rings (SSSR count). The summed E-state index contributed by atoms with van der Waals surface area (Å²) < 4.78 is 19.3. The van der Waals surface area contributed by atoms with E-state index in [-0.39, 0.29) is 23.7 Å². The number of carboxylic acids is 1. The highest BCUT2D eigenvalue weighted by Gasteiger charge is 2.12. The number of benzene rings is 2. The molecule has 0 spiro atoms. The molecule has 0 heterocycles. The van der Waals surface area contributed by atoms with E-state index in [0.29, 0.717) is 10.0 Å². The molecule has 0 unspecified atom stereocenters. The maximum atomic E-state index is 13.2. The third-order valence-electron chi connectivity index (χ3n) is 2.87. The summed E-state index contributed by atoms with van der Waals surface area (Å²) in [4.78, 5) is 11.1. The van der Waals surface area contributed by atoms with Crippen molar-refractivity contribution in [1.29, 1.82) is 0 Å². The molecule has 2 aromatic carbocycles. The van der Waals surface area contributed by atoms with Crippen LogP contribution in [0.15, 0.2) is 40.9 Å². The molecule has 0 amide bonds. The highest BCUT2D eigenvalue weighted by molar-refractivity contribution is 9.10. The van der Waals surface area contributed by atoms with Gasteiger partial charge < -0.3 is 9.84 Å². The van der Waals surface area contributed by atoms with E-state index in [9.17, 15) is 9.18 Å². The fraction of sp³-hybridized carbons (Fsp3) is 0.133. The average molecular weight is 339 g/mol. The number of aryl methyl sites for hydroxylation is 1. The molecule has 2 aromatic rings. The molecule has 0 radical (unpaired) electrons. The predicted molar refractivity (Wildman–Crippen MR) is 76.6 cm³/mol. The van der Waals surface area contributed by atoms with Crippen molar-refractivity contribution >= 4 is 21.9 Å². The van der Waals surface area contributed by atoms with Crippen molar-refractivity contribution in [3.05, 3.63) is 63.4 Å². The first kappa shape index (κ1) is 14.5. The smallest absolute Gasteiger partial charge is 0.339 e. The number of halogens is 2. The number of aromatic carboxylic acids is 1. The normalized spacial score (nSPS) is 10.3. The second-order valence-corrected chi connectivity index (χ2v) is 5.22. The van der Waals surface area contributed by atoms with Gasteiger partial charge in [-0.2, -0.15) is 0 Å². The van der Waals surface area contributed by atoms with Crippen LogP contribution in [0, 0.1) is 12.7 Å². The molecular weight excluding hydrogens is 327 g/mol. The summed E-state index contributed by atoms with van der Waals surface area (Å²) in [7, 11) is 0. The molecule has 0 fully saturated rings. The van der Waals surface area contributed by atoms with E-state index in [1.165, 1.54) is 18.2 Å². The number of carboxylic acid groups (broad SMARTS) is 1. The minimum absolute atomic E-state index is 0.0634. The fourth-order valence-corrected chi connectivity index (χ4v) is 2.11. The van der Waals surface area contributed by atoms with Crippen molar-refractivity contribution in [3.63, 3.8) is 0 Å². The van der Waals surface area contributed by atoms with Gasteiger partial charge in [-0.25, -0.2) is 9.18 Å². The van der Waals surface area contributed by atoms with Crippen molar-refractivity contribution in [2.75, 3.05) is 0 Å². The maximum absolute atomic E-state index is 13.2. The van der Waals surface area contributed by atoms with Crippen molar-refractivity contribution in [2.24, 2.45) is 0 Å². The molecule has 104 valence electrons. The molecule has 0 atom stereocenters. The Labute approximate surface area is 124 Å². The molecule has 0 aliphatic carbocycles. The number of ether oxygens (including phenoxy) is 1. The Kier molecular flexibility index (Phi) is 4.39. The SMILES string of the molecule is Cc1ccc(F)cc1COc1ccc(Br)cc1C(=O)O. The molecule has 5 heteroatoms. The Morgan fingerprint density at radius 3 is 2.75 bits per heavy atom. The van der Waals surface area contributed by atoms with Gasteiger partial charge in [0, 0.05) is 4.47 Å². The van der Waals surface area contributed by atoms with E-state index in [4.69, 9.17) is 9.84 Å². The van der Waals surface area contributed by atoms with E-state index in [1.807, 2.05) is 6.92 Å². The van der Waals surface area contributed by atoms with E-state index >= 15 is 0 Å². The average Bonchev–Trinajstić information content (AvgIpc) is 2.40. The molecule has 0 aliphatic rings. The van der Waals surface area contributed by atoms with Crippen LogP contribution < -0.4 is 4.74 Å². The minimum Gasteiger partial charge on any atom is -0.488 e. The molecule has 0 aromatic heterocycles. The second-order valence-electron chi connectivity index (χ2n) is 4.31. The quantitative estimate of drug-likeness (QED) is 0.909. The first-order valence-electron chi connectivity index (χ1n) is 5.88.